The number of carbonyl (C=O) groups is 1. The van der Waals surface area contributed by atoms with Gasteiger partial charge in [-0.25, -0.2) is 0 Å². The molecule has 20 heavy (non-hydrogen) atoms. The van der Waals surface area contributed by atoms with Gasteiger partial charge in [-0.2, -0.15) is 0 Å². The average Bonchev–Trinajstić information content (AvgIpc) is 2.98. The zero-order valence-corrected chi connectivity index (χ0v) is 11.8. The molecule has 0 bridgehead atoms. The summed E-state index contributed by atoms with van der Waals surface area (Å²) in [6, 6.07) is 5.28. The highest BCUT2D eigenvalue weighted by Gasteiger charge is 2.28. The van der Waals surface area contributed by atoms with Crippen LogP contribution in [0.15, 0.2) is 18.2 Å². The first-order valence-corrected chi connectivity index (χ1v) is 7.02. The summed E-state index contributed by atoms with van der Waals surface area (Å²) in [6.45, 7) is 0.312. The molecule has 3 N–H and O–H groups in total. The third-order valence-corrected chi connectivity index (χ3v) is 3.86. The van der Waals surface area contributed by atoms with E-state index in [1.165, 1.54) is 0 Å². The lowest BCUT2D eigenvalue weighted by atomic mass is 10.1. The topological polar surface area (TPSA) is 75.8 Å². The first-order valence-electron chi connectivity index (χ1n) is 7.02. The molecule has 0 radical (unpaired) electrons. The van der Waals surface area contributed by atoms with Gasteiger partial charge in [-0.05, 0) is 31.0 Å². The number of ether oxygens (including phenoxy) is 1. The molecule has 0 aromatic heterocycles. The van der Waals surface area contributed by atoms with Gasteiger partial charge in [0.1, 0.15) is 5.75 Å². The molecule has 1 amide bonds. The Balaban J connectivity index is 2.26. The molecule has 5 heteroatoms. The van der Waals surface area contributed by atoms with Crippen molar-refractivity contribution in [3.63, 3.8) is 0 Å². The third-order valence-electron chi connectivity index (χ3n) is 3.86. The van der Waals surface area contributed by atoms with Crippen LogP contribution in [0.3, 0.4) is 0 Å². The maximum atomic E-state index is 12.7. The predicted molar refractivity (Wildman–Crippen MR) is 77.8 cm³/mol. The second-order valence-corrected chi connectivity index (χ2v) is 5.11. The molecule has 110 valence electrons. The van der Waals surface area contributed by atoms with Crippen molar-refractivity contribution in [3.8, 4) is 5.75 Å². The van der Waals surface area contributed by atoms with E-state index in [4.69, 9.17) is 10.5 Å². The molecule has 1 aliphatic carbocycles. The molecule has 0 heterocycles. The fraction of sp³-hybridized carbons (Fsp3) is 0.533. The predicted octanol–water partition coefficient (Wildman–Crippen LogP) is 1.65. The van der Waals surface area contributed by atoms with Crippen molar-refractivity contribution in [2.24, 2.45) is 0 Å². The number of rotatable bonds is 5. The van der Waals surface area contributed by atoms with Gasteiger partial charge in [0.25, 0.3) is 5.91 Å². The monoisotopic (exact) mass is 278 g/mol. The zero-order chi connectivity index (χ0) is 14.5. The molecule has 2 rings (SSSR count). The van der Waals surface area contributed by atoms with Crippen LogP contribution in [0.25, 0.3) is 0 Å². The molecule has 0 saturated heterocycles. The van der Waals surface area contributed by atoms with Crippen LogP contribution in [0.5, 0.6) is 5.75 Å². The minimum absolute atomic E-state index is 0.0356. The van der Waals surface area contributed by atoms with E-state index in [1.54, 1.807) is 30.2 Å². The SMILES string of the molecule is COc1ccc(N)c(C(=O)N(CCO)C2CCCC2)c1. The molecule has 1 saturated carbocycles. The van der Waals surface area contributed by atoms with Gasteiger partial charge in [0.15, 0.2) is 0 Å². The smallest absolute Gasteiger partial charge is 0.256 e. The molecular weight excluding hydrogens is 256 g/mol. The van der Waals surface area contributed by atoms with Crippen LogP contribution in [-0.4, -0.2) is 42.2 Å². The van der Waals surface area contributed by atoms with Gasteiger partial charge < -0.3 is 20.5 Å². The second kappa shape index (κ2) is 6.61. The lowest BCUT2D eigenvalue weighted by molar-refractivity contribution is 0.0639. The number of aliphatic hydroxyl groups excluding tert-OH is 1. The molecule has 0 atom stereocenters. The summed E-state index contributed by atoms with van der Waals surface area (Å²) in [5.74, 6) is 0.486. The molecule has 1 aliphatic rings. The Morgan fingerprint density at radius 2 is 2.15 bits per heavy atom. The highest BCUT2D eigenvalue weighted by atomic mass is 16.5. The number of nitrogen functional groups attached to an aromatic ring is 1. The maximum absolute atomic E-state index is 12.7. The number of benzene rings is 1. The number of methoxy groups -OCH3 is 1. The molecule has 1 fully saturated rings. The number of nitrogens with two attached hydrogens (primary N) is 1. The van der Waals surface area contributed by atoms with E-state index in [0.29, 0.717) is 23.5 Å². The summed E-state index contributed by atoms with van der Waals surface area (Å²) in [7, 11) is 1.56. The van der Waals surface area contributed by atoms with Gasteiger partial charge in [-0.3, -0.25) is 4.79 Å². The van der Waals surface area contributed by atoms with Crippen LogP contribution in [0.4, 0.5) is 5.69 Å². The van der Waals surface area contributed by atoms with E-state index >= 15 is 0 Å². The van der Waals surface area contributed by atoms with Crippen molar-refractivity contribution in [2.75, 3.05) is 26.0 Å². The molecule has 1 aromatic rings. The summed E-state index contributed by atoms with van der Waals surface area (Å²) in [5.41, 5.74) is 6.80. The standard InChI is InChI=1S/C15H22N2O3/c1-20-12-6-7-14(16)13(10-12)15(19)17(8-9-18)11-4-2-3-5-11/h6-7,10-11,18H,2-5,8-9,16H2,1H3. The molecule has 0 aliphatic heterocycles. The van der Waals surface area contributed by atoms with Gasteiger partial charge in [0, 0.05) is 18.3 Å². The Hall–Kier alpha value is -1.75. The van der Waals surface area contributed by atoms with E-state index in [2.05, 4.69) is 0 Å². The van der Waals surface area contributed by atoms with E-state index in [0.717, 1.165) is 25.7 Å². The molecular formula is C15H22N2O3. The average molecular weight is 278 g/mol. The van der Waals surface area contributed by atoms with Crippen LogP contribution in [0.2, 0.25) is 0 Å². The molecule has 5 nitrogen and oxygen atoms in total. The van der Waals surface area contributed by atoms with Crippen LogP contribution in [-0.2, 0) is 0 Å². The first kappa shape index (κ1) is 14.7. The highest BCUT2D eigenvalue weighted by molar-refractivity contribution is 5.99. The number of amides is 1. The minimum Gasteiger partial charge on any atom is -0.497 e. The van der Waals surface area contributed by atoms with Gasteiger partial charge in [-0.15, -0.1) is 0 Å². The van der Waals surface area contributed by atoms with E-state index in [9.17, 15) is 9.90 Å². The Morgan fingerprint density at radius 3 is 2.75 bits per heavy atom. The number of hydrogen-bond acceptors (Lipinski definition) is 4. The van der Waals surface area contributed by atoms with E-state index in [1.807, 2.05) is 0 Å². The Morgan fingerprint density at radius 1 is 1.45 bits per heavy atom. The Labute approximate surface area is 119 Å². The summed E-state index contributed by atoms with van der Waals surface area (Å²) in [4.78, 5) is 14.4. The molecule has 0 spiro atoms. The van der Waals surface area contributed by atoms with E-state index in [-0.39, 0.29) is 18.6 Å². The van der Waals surface area contributed by atoms with Gasteiger partial charge in [0.2, 0.25) is 0 Å². The number of carbonyl (C=O) groups excluding carboxylic acids is 1. The minimum atomic E-state index is -0.123. The number of aliphatic hydroxyl groups is 1. The number of anilines is 1. The van der Waals surface area contributed by atoms with Crippen LogP contribution in [0, 0.1) is 0 Å². The second-order valence-electron chi connectivity index (χ2n) is 5.11. The van der Waals surface area contributed by atoms with Gasteiger partial charge in [-0.1, -0.05) is 12.8 Å². The number of nitrogens with zero attached hydrogens (tertiary/aromatic N) is 1. The lowest BCUT2D eigenvalue weighted by Crippen LogP contribution is -2.41. The first-order chi connectivity index (χ1) is 9.67. The third kappa shape index (κ3) is 3.04. The maximum Gasteiger partial charge on any atom is 0.256 e. The van der Waals surface area contributed by atoms with Crippen LogP contribution < -0.4 is 10.5 Å². The van der Waals surface area contributed by atoms with Crippen molar-refractivity contribution in [1.29, 1.82) is 0 Å². The Kier molecular flexibility index (Phi) is 4.84. The van der Waals surface area contributed by atoms with Gasteiger partial charge in [0.05, 0.1) is 19.3 Å². The van der Waals surface area contributed by atoms with Crippen LogP contribution >= 0.6 is 0 Å². The fourth-order valence-electron chi connectivity index (χ4n) is 2.78. The van der Waals surface area contributed by atoms with Crippen molar-refractivity contribution in [1.82, 2.24) is 4.90 Å². The Bertz CT molecular complexity index is 470. The number of hydrogen-bond donors (Lipinski definition) is 2. The summed E-state index contributed by atoms with van der Waals surface area (Å²) in [5, 5.41) is 9.21. The largest absolute Gasteiger partial charge is 0.497 e. The zero-order valence-electron chi connectivity index (χ0n) is 11.8. The quantitative estimate of drug-likeness (QED) is 0.803. The lowest BCUT2D eigenvalue weighted by Gasteiger charge is -2.29. The van der Waals surface area contributed by atoms with E-state index < -0.39 is 0 Å². The summed E-state index contributed by atoms with van der Waals surface area (Å²) in [6.07, 6.45) is 4.26. The molecule has 0 unspecified atom stereocenters. The van der Waals surface area contributed by atoms with Crippen molar-refractivity contribution in [3.05, 3.63) is 23.8 Å². The fourth-order valence-corrected chi connectivity index (χ4v) is 2.78. The van der Waals surface area contributed by atoms with Crippen LogP contribution in [0.1, 0.15) is 36.0 Å². The highest BCUT2D eigenvalue weighted by Crippen LogP contribution is 2.27. The summed E-state index contributed by atoms with van der Waals surface area (Å²) >= 11 is 0. The normalized spacial score (nSPS) is 15.3. The summed E-state index contributed by atoms with van der Waals surface area (Å²) < 4.78 is 5.15. The molecule has 1 aromatic carbocycles. The van der Waals surface area contributed by atoms with Crippen molar-refractivity contribution >= 4 is 11.6 Å². The van der Waals surface area contributed by atoms with Crippen molar-refractivity contribution in [2.45, 2.75) is 31.7 Å². The van der Waals surface area contributed by atoms with Gasteiger partial charge >= 0.3 is 0 Å². The van der Waals surface area contributed by atoms with Crippen molar-refractivity contribution < 1.29 is 14.6 Å².